The van der Waals surface area contributed by atoms with Gasteiger partial charge in [0.2, 0.25) is 5.95 Å². The van der Waals surface area contributed by atoms with Crippen molar-refractivity contribution in [3.8, 4) is 0 Å². The van der Waals surface area contributed by atoms with Gasteiger partial charge in [-0.15, -0.1) is 0 Å². The van der Waals surface area contributed by atoms with Gasteiger partial charge in [0.1, 0.15) is 5.82 Å². The van der Waals surface area contributed by atoms with Gasteiger partial charge in [0.15, 0.2) is 0 Å². The summed E-state index contributed by atoms with van der Waals surface area (Å²) in [6, 6.07) is 18.1. The molecule has 0 fully saturated rings. The van der Waals surface area contributed by atoms with E-state index in [0.717, 1.165) is 35.9 Å². The zero-order valence-electron chi connectivity index (χ0n) is 14.2. The van der Waals surface area contributed by atoms with Gasteiger partial charge in [-0.25, -0.2) is 4.98 Å². The second kappa shape index (κ2) is 8.49. The van der Waals surface area contributed by atoms with E-state index in [0.29, 0.717) is 5.95 Å². The van der Waals surface area contributed by atoms with E-state index in [1.807, 2.05) is 24.3 Å². The van der Waals surface area contributed by atoms with Gasteiger partial charge in [0.05, 0.1) is 0 Å². The van der Waals surface area contributed by atoms with Crippen LogP contribution in [-0.4, -0.2) is 16.5 Å². The smallest absolute Gasteiger partial charge is 0.224 e. The first-order chi connectivity index (χ1) is 12.2. The predicted octanol–water partition coefficient (Wildman–Crippen LogP) is 5.09. The summed E-state index contributed by atoms with van der Waals surface area (Å²) in [5.74, 6) is 1.38. The molecule has 0 aliphatic heterocycles. The highest BCUT2D eigenvalue weighted by Gasteiger charge is 2.01. The van der Waals surface area contributed by atoms with E-state index in [4.69, 9.17) is 11.6 Å². The number of nitrogens with one attached hydrogen (secondary N) is 2. The lowest BCUT2D eigenvalue weighted by Gasteiger charge is -2.09. The van der Waals surface area contributed by atoms with Crippen LogP contribution in [0.15, 0.2) is 60.8 Å². The average Bonchev–Trinajstić information content (AvgIpc) is 2.63. The molecule has 0 amide bonds. The molecule has 1 aromatic heterocycles. The standard InChI is InChI=1S/C20H21ClN4/c1-2-15-6-8-18(9-7-15)24-19-11-13-23-20(25-19)22-12-10-16-4-3-5-17(21)14-16/h3-9,11,13-14H,2,10,12H2,1H3,(H2,22,23,24,25). The molecule has 5 heteroatoms. The van der Waals surface area contributed by atoms with Gasteiger partial charge in [-0.05, 0) is 54.3 Å². The van der Waals surface area contributed by atoms with Crippen molar-refractivity contribution >= 4 is 29.1 Å². The van der Waals surface area contributed by atoms with Gasteiger partial charge in [-0.2, -0.15) is 4.98 Å². The summed E-state index contributed by atoms with van der Waals surface area (Å²) in [4.78, 5) is 8.77. The Morgan fingerprint density at radius 2 is 1.84 bits per heavy atom. The molecule has 0 bridgehead atoms. The van der Waals surface area contributed by atoms with E-state index in [1.54, 1.807) is 6.20 Å². The number of rotatable bonds is 7. The molecule has 0 saturated heterocycles. The maximum absolute atomic E-state index is 6.00. The molecule has 0 saturated carbocycles. The Bertz CT molecular complexity index is 818. The molecule has 0 spiro atoms. The third kappa shape index (κ3) is 5.19. The molecule has 3 aromatic rings. The maximum Gasteiger partial charge on any atom is 0.224 e. The summed E-state index contributed by atoms with van der Waals surface area (Å²) in [6.07, 6.45) is 3.64. The highest BCUT2D eigenvalue weighted by molar-refractivity contribution is 6.30. The van der Waals surface area contributed by atoms with Crippen LogP contribution in [0.3, 0.4) is 0 Å². The molecule has 0 unspecified atom stereocenters. The van der Waals surface area contributed by atoms with Crippen molar-refractivity contribution in [1.29, 1.82) is 0 Å². The van der Waals surface area contributed by atoms with Crippen molar-refractivity contribution in [3.05, 3.63) is 76.9 Å². The van der Waals surface area contributed by atoms with Crippen molar-refractivity contribution in [2.45, 2.75) is 19.8 Å². The van der Waals surface area contributed by atoms with Gasteiger partial charge in [-0.3, -0.25) is 0 Å². The zero-order chi connectivity index (χ0) is 17.5. The Kier molecular flexibility index (Phi) is 5.86. The highest BCUT2D eigenvalue weighted by Crippen LogP contribution is 2.16. The van der Waals surface area contributed by atoms with Crippen LogP contribution in [0.25, 0.3) is 0 Å². The van der Waals surface area contributed by atoms with Gasteiger partial charge >= 0.3 is 0 Å². The van der Waals surface area contributed by atoms with E-state index >= 15 is 0 Å². The minimum Gasteiger partial charge on any atom is -0.354 e. The summed E-state index contributed by atoms with van der Waals surface area (Å²) in [5, 5.41) is 7.31. The van der Waals surface area contributed by atoms with Crippen LogP contribution in [-0.2, 0) is 12.8 Å². The molecule has 4 nitrogen and oxygen atoms in total. The molecule has 0 radical (unpaired) electrons. The first kappa shape index (κ1) is 17.2. The number of hydrogen-bond acceptors (Lipinski definition) is 4. The van der Waals surface area contributed by atoms with Gasteiger partial charge in [0.25, 0.3) is 0 Å². The highest BCUT2D eigenvalue weighted by atomic mass is 35.5. The molecule has 2 N–H and O–H groups in total. The van der Waals surface area contributed by atoms with E-state index in [2.05, 4.69) is 57.9 Å². The molecule has 0 atom stereocenters. The van der Waals surface area contributed by atoms with E-state index in [-0.39, 0.29) is 0 Å². The molecule has 3 rings (SSSR count). The molecular formula is C20H21ClN4. The minimum atomic E-state index is 0.609. The second-order valence-corrected chi connectivity index (χ2v) is 6.18. The molecule has 128 valence electrons. The topological polar surface area (TPSA) is 49.8 Å². The number of aromatic nitrogens is 2. The van der Waals surface area contributed by atoms with Crippen LogP contribution in [0, 0.1) is 0 Å². The summed E-state index contributed by atoms with van der Waals surface area (Å²) in [7, 11) is 0. The van der Waals surface area contributed by atoms with Crippen LogP contribution >= 0.6 is 11.6 Å². The van der Waals surface area contributed by atoms with Crippen molar-refractivity contribution in [3.63, 3.8) is 0 Å². The van der Waals surface area contributed by atoms with Crippen molar-refractivity contribution < 1.29 is 0 Å². The molecule has 1 heterocycles. The third-order valence-corrected chi connectivity index (χ3v) is 4.11. The Morgan fingerprint density at radius 1 is 1.00 bits per heavy atom. The maximum atomic E-state index is 6.00. The lowest BCUT2D eigenvalue weighted by atomic mass is 10.1. The van der Waals surface area contributed by atoms with E-state index in [1.165, 1.54) is 11.1 Å². The fourth-order valence-corrected chi connectivity index (χ4v) is 2.71. The Balaban J connectivity index is 1.57. The number of hydrogen-bond donors (Lipinski definition) is 2. The van der Waals surface area contributed by atoms with Crippen LogP contribution in [0.4, 0.5) is 17.5 Å². The Labute approximate surface area is 153 Å². The van der Waals surface area contributed by atoms with Crippen LogP contribution in [0.5, 0.6) is 0 Å². The second-order valence-electron chi connectivity index (χ2n) is 5.75. The lowest BCUT2D eigenvalue weighted by Crippen LogP contribution is -2.08. The minimum absolute atomic E-state index is 0.609. The average molecular weight is 353 g/mol. The molecular weight excluding hydrogens is 332 g/mol. The quantitative estimate of drug-likeness (QED) is 0.621. The molecule has 0 aliphatic rings. The number of anilines is 3. The lowest BCUT2D eigenvalue weighted by molar-refractivity contribution is 0.985. The monoisotopic (exact) mass is 352 g/mol. The van der Waals surface area contributed by atoms with Crippen LogP contribution in [0.1, 0.15) is 18.1 Å². The molecule has 2 aromatic carbocycles. The summed E-state index contributed by atoms with van der Waals surface area (Å²) < 4.78 is 0. The third-order valence-electron chi connectivity index (χ3n) is 3.88. The van der Waals surface area contributed by atoms with Crippen molar-refractivity contribution in [1.82, 2.24) is 9.97 Å². The van der Waals surface area contributed by atoms with E-state index in [9.17, 15) is 0 Å². The number of aryl methyl sites for hydroxylation is 1. The first-order valence-corrected chi connectivity index (χ1v) is 8.78. The largest absolute Gasteiger partial charge is 0.354 e. The Morgan fingerprint density at radius 3 is 2.60 bits per heavy atom. The number of nitrogens with zero attached hydrogens (tertiary/aromatic N) is 2. The predicted molar refractivity (Wildman–Crippen MR) is 105 cm³/mol. The number of halogens is 1. The van der Waals surface area contributed by atoms with Crippen molar-refractivity contribution in [2.24, 2.45) is 0 Å². The fraction of sp³-hybridized carbons (Fsp3) is 0.200. The molecule has 25 heavy (non-hydrogen) atoms. The van der Waals surface area contributed by atoms with Gasteiger partial charge in [-0.1, -0.05) is 42.8 Å². The van der Waals surface area contributed by atoms with Crippen LogP contribution < -0.4 is 10.6 Å². The first-order valence-electron chi connectivity index (χ1n) is 8.40. The van der Waals surface area contributed by atoms with E-state index < -0.39 is 0 Å². The van der Waals surface area contributed by atoms with Crippen molar-refractivity contribution in [2.75, 3.05) is 17.2 Å². The number of benzene rings is 2. The summed E-state index contributed by atoms with van der Waals surface area (Å²) in [5.41, 5.74) is 3.52. The molecule has 0 aliphatic carbocycles. The normalized spacial score (nSPS) is 10.5. The fourth-order valence-electron chi connectivity index (χ4n) is 2.50. The SMILES string of the molecule is CCc1ccc(Nc2ccnc(NCCc3cccc(Cl)c3)n2)cc1. The zero-order valence-corrected chi connectivity index (χ0v) is 14.9. The summed E-state index contributed by atoms with van der Waals surface area (Å²) in [6.45, 7) is 2.89. The summed E-state index contributed by atoms with van der Waals surface area (Å²) >= 11 is 6.00. The van der Waals surface area contributed by atoms with Gasteiger partial charge in [0, 0.05) is 23.5 Å². The Hall–Kier alpha value is -2.59. The van der Waals surface area contributed by atoms with Crippen LogP contribution in [0.2, 0.25) is 5.02 Å². The van der Waals surface area contributed by atoms with Gasteiger partial charge < -0.3 is 10.6 Å².